The molecule has 0 saturated heterocycles. The van der Waals surface area contributed by atoms with Crippen LogP contribution in [0.15, 0.2) is 0 Å². The van der Waals surface area contributed by atoms with Crippen LogP contribution in [0.2, 0.25) is 0 Å². The van der Waals surface area contributed by atoms with Crippen molar-refractivity contribution in [1.82, 2.24) is 4.90 Å². The normalized spacial score (nSPS) is 28.7. The zero-order valence-corrected chi connectivity index (χ0v) is 9.32. The van der Waals surface area contributed by atoms with Crippen molar-refractivity contribution >= 4 is 0 Å². The molecular formula is C11H23NO2. The second-order valence-corrected chi connectivity index (χ2v) is 4.47. The molecule has 1 aliphatic rings. The average Bonchev–Trinajstić information content (AvgIpc) is 2.15. The first-order valence-corrected chi connectivity index (χ1v) is 5.71. The molecule has 2 N–H and O–H groups in total. The van der Waals surface area contributed by atoms with E-state index in [2.05, 4.69) is 18.7 Å². The molecular weight excluding hydrogens is 178 g/mol. The maximum absolute atomic E-state index is 9.89. The summed E-state index contributed by atoms with van der Waals surface area (Å²) in [5.41, 5.74) is 0. The molecule has 1 rings (SSSR count). The highest BCUT2D eigenvalue weighted by Gasteiger charge is 2.29. The first-order chi connectivity index (χ1) is 6.66. The first kappa shape index (κ1) is 12.0. The van der Waals surface area contributed by atoms with E-state index in [-0.39, 0.29) is 18.8 Å². The minimum atomic E-state index is -0.197. The molecule has 0 aromatic carbocycles. The summed E-state index contributed by atoms with van der Waals surface area (Å²) in [6.07, 6.45) is 4.13. The molecule has 1 saturated carbocycles. The van der Waals surface area contributed by atoms with Crippen molar-refractivity contribution in [2.45, 2.75) is 57.7 Å². The fraction of sp³-hybridized carbons (Fsp3) is 1.00. The van der Waals surface area contributed by atoms with Gasteiger partial charge in [0.1, 0.15) is 0 Å². The van der Waals surface area contributed by atoms with Crippen molar-refractivity contribution < 1.29 is 10.2 Å². The minimum absolute atomic E-state index is 0.182. The first-order valence-electron chi connectivity index (χ1n) is 5.71. The fourth-order valence-electron chi connectivity index (χ4n) is 2.40. The van der Waals surface area contributed by atoms with Gasteiger partial charge in [-0.25, -0.2) is 0 Å². The molecule has 0 aliphatic heterocycles. The van der Waals surface area contributed by atoms with E-state index in [1.807, 2.05) is 0 Å². The maximum atomic E-state index is 9.89. The highest BCUT2D eigenvalue weighted by molar-refractivity contribution is 4.84. The number of hydrogen-bond donors (Lipinski definition) is 2. The summed E-state index contributed by atoms with van der Waals surface area (Å²) < 4.78 is 0. The monoisotopic (exact) mass is 201 g/mol. The van der Waals surface area contributed by atoms with Gasteiger partial charge in [-0.2, -0.15) is 0 Å². The van der Waals surface area contributed by atoms with Crippen LogP contribution in [0.25, 0.3) is 0 Å². The number of rotatable bonds is 4. The third kappa shape index (κ3) is 2.94. The third-order valence-corrected chi connectivity index (χ3v) is 3.14. The van der Waals surface area contributed by atoms with Gasteiger partial charge in [0.25, 0.3) is 0 Å². The zero-order valence-electron chi connectivity index (χ0n) is 9.32. The summed E-state index contributed by atoms with van der Waals surface area (Å²) in [4.78, 5) is 2.23. The Balaban J connectivity index is 2.55. The highest BCUT2D eigenvalue weighted by atomic mass is 16.3. The van der Waals surface area contributed by atoms with Gasteiger partial charge in [-0.3, -0.25) is 4.90 Å². The summed E-state index contributed by atoms with van der Waals surface area (Å²) >= 11 is 0. The van der Waals surface area contributed by atoms with Crippen LogP contribution >= 0.6 is 0 Å². The largest absolute Gasteiger partial charge is 0.395 e. The SMILES string of the molecule is CC(C)N(CCO)[C@H]1CCCC[C@@H]1O. The molecule has 0 aromatic rings. The highest BCUT2D eigenvalue weighted by Crippen LogP contribution is 2.24. The number of aliphatic hydroxyl groups excluding tert-OH is 2. The summed E-state index contributed by atoms with van der Waals surface area (Å²) in [5.74, 6) is 0. The van der Waals surface area contributed by atoms with Crippen LogP contribution in [-0.2, 0) is 0 Å². The molecule has 1 aliphatic carbocycles. The van der Waals surface area contributed by atoms with Crippen molar-refractivity contribution in [3.05, 3.63) is 0 Å². The van der Waals surface area contributed by atoms with Gasteiger partial charge in [-0.1, -0.05) is 12.8 Å². The minimum Gasteiger partial charge on any atom is -0.395 e. The average molecular weight is 201 g/mol. The van der Waals surface area contributed by atoms with Crippen LogP contribution in [0.5, 0.6) is 0 Å². The van der Waals surface area contributed by atoms with Gasteiger partial charge in [-0.15, -0.1) is 0 Å². The Hall–Kier alpha value is -0.120. The van der Waals surface area contributed by atoms with Gasteiger partial charge >= 0.3 is 0 Å². The van der Waals surface area contributed by atoms with E-state index < -0.39 is 0 Å². The Labute approximate surface area is 86.7 Å². The van der Waals surface area contributed by atoms with Gasteiger partial charge in [-0.05, 0) is 26.7 Å². The Morgan fingerprint density at radius 3 is 2.43 bits per heavy atom. The maximum Gasteiger partial charge on any atom is 0.0695 e. The van der Waals surface area contributed by atoms with Gasteiger partial charge in [0.15, 0.2) is 0 Å². The topological polar surface area (TPSA) is 43.7 Å². The second kappa shape index (κ2) is 5.69. The van der Waals surface area contributed by atoms with E-state index in [9.17, 15) is 5.11 Å². The number of hydrogen-bond acceptors (Lipinski definition) is 3. The lowest BCUT2D eigenvalue weighted by molar-refractivity contribution is -0.00217. The molecule has 2 atom stereocenters. The van der Waals surface area contributed by atoms with Crippen LogP contribution in [0.4, 0.5) is 0 Å². The van der Waals surface area contributed by atoms with Gasteiger partial charge < -0.3 is 10.2 Å². The predicted octanol–water partition coefficient (Wildman–Crippen LogP) is 0.993. The van der Waals surface area contributed by atoms with Crippen LogP contribution in [-0.4, -0.2) is 46.5 Å². The van der Waals surface area contributed by atoms with Gasteiger partial charge in [0, 0.05) is 18.6 Å². The molecule has 0 spiro atoms. The molecule has 1 fully saturated rings. The lowest BCUT2D eigenvalue weighted by atomic mass is 9.90. The molecule has 0 aromatic heterocycles. The zero-order chi connectivity index (χ0) is 10.6. The van der Waals surface area contributed by atoms with E-state index >= 15 is 0 Å². The number of nitrogens with zero attached hydrogens (tertiary/aromatic N) is 1. The summed E-state index contributed by atoms with van der Waals surface area (Å²) in [6.45, 7) is 5.11. The van der Waals surface area contributed by atoms with E-state index in [4.69, 9.17) is 5.11 Å². The fourth-order valence-corrected chi connectivity index (χ4v) is 2.40. The van der Waals surface area contributed by atoms with Crippen molar-refractivity contribution in [1.29, 1.82) is 0 Å². The lowest BCUT2D eigenvalue weighted by Gasteiger charge is -2.39. The second-order valence-electron chi connectivity index (χ2n) is 4.47. The molecule has 84 valence electrons. The quantitative estimate of drug-likeness (QED) is 0.713. The van der Waals surface area contributed by atoms with Crippen molar-refractivity contribution in [3.8, 4) is 0 Å². The van der Waals surface area contributed by atoms with Gasteiger partial charge in [0.05, 0.1) is 12.7 Å². The summed E-state index contributed by atoms with van der Waals surface area (Å²) in [5, 5.41) is 18.9. The van der Waals surface area contributed by atoms with Crippen LogP contribution < -0.4 is 0 Å². The summed E-state index contributed by atoms with van der Waals surface area (Å²) in [7, 11) is 0. The van der Waals surface area contributed by atoms with Crippen LogP contribution in [0.3, 0.4) is 0 Å². The molecule has 3 heteroatoms. The molecule has 0 amide bonds. The molecule has 3 nitrogen and oxygen atoms in total. The number of aliphatic hydroxyl groups is 2. The Morgan fingerprint density at radius 2 is 1.93 bits per heavy atom. The lowest BCUT2D eigenvalue weighted by Crippen LogP contribution is -2.49. The predicted molar refractivity (Wildman–Crippen MR) is 57.2 cm³/mol. The smallest absolute Gasteiger partial charge is 0.0695 e. The molecule has 0 unspecified atom stereocenters. The Kier molecular flexibility index (Phi) is 4.85. The van der Waals surface area contributed by atoms with E-state index in [1.54, 1.807) is 0 Å². The third-order valence-electron chi connectivity index (χ3n) is 3.14. The molecule has 0 radical (unpaired) electrons. The van der Waals surface area contributed by atoms with E-state index in [0.717, 1.165) is 19.3 Å². The van der Waals surface area contributed by atoms with Crippen LogP contribution in [0.1, 0.15) is 39.5 Å². The standard InChI is InChI=1S/C11H23NO2/c1-9(2)12(7-8-13)10-5-3-4-6-11(10)14/h9-11,13-14H,3-8H2,1-2H3/t10-,11-/m0/s1. The molecule has 0 heterocycles. The Morgan fingerprint density at radius 1 is 1.29 bits per heavy atom. The molecule has 0 bridgehead atoms. The van der Waals surface area contributed by atoms with Crippen molar-refractivity contribution in [2.24, 2.45) is 0 Å². The van der Waals surface area contributed by atoms with E-state index in [0.29, 0.717) is 12.6 Å². The summed E-state index contributed by atoms with van der Waals surface area (Å²) in [6, 6.07) is 0.663. The Bertz CT molecular complexity index is 159. The van der Waals surface area contributed by atoms with E-state index in [1.165, 1.54) is 6.42 Å². The van der Waals surface area contributed by atoms with Crippen molar-refractivity contribution in [2.75, 3.05) is 13.2 Å². The molecule has 14 heavy (non-hydrogen) atoms. The van der Waals surface area contributed by atoms with Crippen LogP contribution in [0, 0.1) is 0 Å². The van der Waals surface area contributed by atoms with Gasteiger partial charge in [0.2, 0.25) is 0 Å². The van der Waals surface area contributed by atoms with Crippen molar-refractivity contribution in [3.63, 3.8) is 0 Å².